The molecule has 0 unspecified atom stereocenters. The van der Waals surface area contributed by atoms with Crippen molar-refractivity contribution >= 4 is 17.8 Å². The molecule has 1 aliphatic carbocycles. The molecule has 7 heteroatoms. The van der Waals surface area contributed by atoms with Crippen LogP contribution in [0, 0.1) is 5.92 Å². The number of rotatable bonds is 7. The average Bonchev–Trinajstić information content (AvgIpc) is 3.34. The van der Waals surface area contributed by atoms with E-state index in [9.17, 15) is 14.4 Å². The van der Waals surface area contributed by atoms with Gasteiger partial charge in [0.15, 0.2) is 6.61 Å². The predicted molar refractivity (Wildman–Crippen MR) is 97.9 cm³/mol. The Kier molecular flexibility index (Phi) is 6.32. The SMILES string of the molecule is COc1ccccc1CNC(=O)COC(=O)[C@H]1CC(=O)N(C2CCCC2)C1. The van der Waals surface area contributed by atoms with Crippen LogP contribution in [0.2, 0.25) is 0 Å². The molecule has 1 aromatic rings. The first kappa shape index (κ1) is 19.2. The number of amides is 2. The molecule has 27 heavy (non-hydrogen) atoms. The maximum Gasteiger partial charge on any atom is 0.311 e. The Morgan fingerprint density at radius 3 is 2.70 bits per heavy atom. The fourth-order valence-corrected chi connectivity index (χ4v) is 3.81. The highest BCUT2D eigenvalue weighted by molar-refractivity contribution is 5.88. The van der Waals surface area contributed by atoms with Crippen LogP contribution < -0.4 is 10.1 Å². The van der Waals surface area contributed by atoms with E-state index in [4.69, 9.17) is 9.47 Å². The van der Waals surface area contributed by atoms with Gasteiger partial charge in [-0.25, -0.2) is 0 Å². The van der Waals surface area contributed by atoms with Crippen LogP contribution in [-0.4, -0.2) is 49.0 Å². The van der Waals surface area contributed by atoms with Crippen molar-refractivity contribution in [2.45, 2.75) is 44.7 Å². The third-order valence-corrected chi connectivity index (χ3v) is 5.27. The van der Waals surface area contributed by atoms with Gasteiger partial charge >= 0.3 is 5.97 Å². The molecule has 1 saturated heterocycles. The van der Waals surface area contributed by atoms with Gasteiger partial charge in [0.2, 0.25) is 5.91 Å². The summed E-state index contributed by atoms with van der Waals surface area (Å²) in [6, 6.07) is 7.64. The van der Waals surface area contributed by atoms with Gasteiger partial charge in [-0.2, -0.15) is 0 Å². The second kappa shape index (κ2) is 8.88. The topological polar surface area (TPSA) is 84.9 Å². The van der Waals surface area contributed by atoms with Crippen molar-refractivity contribution in [3.8, 4) is 5.75 Å². The molecule has 1 heterocycles. The number of hydrogen-bond acceptors (Lipinski definition) is 5. The van der Waals surface area contributed by atoms with Crippen LogP contribution in [0.4, 0.5) is 0 Å². The van der Waals surface area contributed by atoms with Gasteiger partial charge in [0.1, 0.15) is 5.75 Å². The summed E-state index contributed by atoms with van der Waals surface area (Å²) in [5.74, 6) is -0.627. The molecule has 1 aromatic carbocycles. The van der Waals surface area contributed by atoms with Crippen LogP contribution in [0.3, 0.4) is 0 Å². The van der Waals surface area contributed by atoms with Crippen LogP contribution in [0.5, 0.6) is 5.75 Å². The number of para-hydroxylation sites is 1. The van der Waals surface area contributed by atoms with Gasteiger partial charge < -0.3 is 19.7 Å². The minimum Gasteiger partial charge on any atom is -0.496 e. The van der Waals surface area contributed by atoms with Crippen molar-refractivity contribution < 1.29 is 23.9 Å². The number of carbonyl (C=O) groups is 3. The first-order valence-electron chi connectivity index (χ1n) is 9.43. The maximum absolute atomic E-state index is 12.2. The quantitative estimate of drug-likeness (QED) is 0.734. The minimum absolute atomic E-state index is 0.0180. The summed E-state index contributed by atoms with van der Waals surface area (Å²) in [5.41, 5.74) is 0.841. The summed E-state index contributed by atoms with van der Waals surface area (Å²) in [5, 5.41) is 2.71. The van der Waals surface area contributed by atoms with Crippen molar-refractivity contribution in [3.63, 3.8) is 0 Å². The Morgan fingerprint density at radius 1 is 1.22 bits per heavy atom. The number of hydrogen-bond donors (Lipinski definition) is 1. The summed E-state index contributed by atoms with van der Waals surface area (Å²) >= 11 is 0. The van der Waals surface area contributed by atoms with Crippen molar-refractivity contribution in [3.05, 3.63) is 29.8 Å². The van der Waals surface area contributed by atoms with Crippen molar-refractivity contribution in [1.29, 1.82) is 0 Å². The molecule has 1 saturated carbocycles. The average molecular weight is 374 g/mol. The fraction of sp³-hybridized carbons (Fsp3) is 0.550. The first-order valence-corrected chi connectivity index (χ1v) is 9.43. The monoisotopic (exact) mass is 374 g/mol. The van der Waals surface area contributed by atoms with Crippen LogP contribution in [0.25, 0.3) is 0 Å². The first-order chi connectivity index (χ1) is 13.1. The fourth-order valence-electron chi connectivity index (χ4n) is 3.81. The smallest absolute Gasteiger partial charge is 0.311 e. The van der Waals surface area contributed by atoms with E-state index in [1.807, 2.05) is 29.2 Å². The molecule has 1 atom stereocenters. The number of likely N-dealkylation sites (tertiary alicyclic amines) is 1. The molecule has 1 aliphatic heterocycles. The predicted octanol–water partition coefficient (Wildman–Crippen LogP) is 1.65. The normalized spacial score (nSPS) is 20.0. The zero-order chi connectivity index (χ0) is 19.2. The molecule has 2 amide bonds. The van der Waals surface area contributed by atoms with E-state index in [1.54, 1.807) is 7.11 Å². The van der Waals surface area contributed by atoms with Crippen LogP contribution in [-0.2, 0) is 25.7 Å². The zero-order valence-electron chi connectivity index (χ0n) is 15.6. The zero-order valence-corrected chi connectivity index (χ0v) is 15.6. The van der Waals surface area contributed by atoms with Gasteiger partial charge in [0.05, 0.1) is 13.0 Å². The Balaban J connectivity index is 1.42. The standard InChI is InChI=1S/C20H26N2O5/c1-26-17-9-5-2-6-14(17)11-21-18(23)13-27-20(25)15-10-19(24)22(12-15)16-7-3-4-8-16/h2,5-6,9,15-16H,3-4,7-8,10-13H2,1H3,(H,21,23)/t15-/m0/s1. The van der Waals surface area contributed by atoms with E-state index in [0.717, 1.165) is 31.2 Å². The largest absolute Gasteiger partial charge is 0.496 e. The lowest BCUT2D eigenvalue weighted by Gasteiger charge is -2.23. The molecule has 7 nitrogen and oxygen atoms in total. The van der Waals surface area contributed by atoms with Crippen molar-refractivity contribution in [2.75, 3.05) is 20.3 Å². The number of nitrogens with zero attached hydrogens (tertiary/aromatic N) is 1. The molecule has 1 N–H and O–H groups in total. The number of methoxy groups -OCH3 is 1. The van der Waals surface area contributed by atoms with Crippen molar-refractivity contribution in [2.24, 2.45) is 5.92 Å². The molecule has 2 fully saturated rings. The Bertz CT molecular complexity index is 699. The number of ether oxygens (including phenoxy) is 2. The highest BCUT2D eigenvalue weighted by atomic mass is 16.5. The summed E-state index contributed by atoms with van der Waals surface area (Å²) < 4.78 is 10.4. The van der Waals surface area contributed by atoms with Crippen LogP contribution in [0.15, 0.2) is 24.3 Å². The van der Waals surface area contributed by atoms with E-state index < -0.39 is 11.9 Å². The van der Waals surface area contributed by atoms with E-state index >= 15 is 0 Å². The van der Waals surface area contributed by atoms with Gasteiger partial charge in [0, 0.05) is 31.1 Å². The summed E-state index contributed by atoms with van der Waals surface area (Å²) in [4.78, 5) is 38.2. The molecule has 2 aliphatic rings. The molecule has 0 aromatic heterocycles. The molecular weight excluding hydrogens is 348 g/mol. The highest BCUT2D eigenvalue weighted by Gasteiger charge is 2.39. The summed E-state index contributed by atoms with van der Waals surface area (Å²) in [7, 11) is 1.57. The highest BCUT2D eigenvalue weighted by Crippen LogP contribution is 2.29. The van der Waals surface area contributed by atoms with Gasteiger partial charge in [-0.3, -0.25) is 14.4 Å². The van der Waals surface area contributed by atoms with Crippen LogP contribution >= 0.6 is 0 Å². The third-order valence-electron chi connectivity index (χ3n) is 5.27. The molecule has 0 bridgehead atoms. The minimum atomic E-state index is -0.476. The number of esters is 1. The molecule has 146 valence electrons. The lowest BCUT2D eigenvalue weighted by Crippen LogP contribution is -2.35. The van der Waals surface area contributed by atoms with Gasteiger partial charge in [-0.15, -0.1) is 0 Å². The Hall–Kier alpha value is -2.57. The summed E-state index contributed by atoms with van der Waals surface area (Å²) in [6.45, 7) is 0.352. The molecule has 0 radical (unpaired) electrons. The number of benzene rings is 1. The molecular formula is C20H26N2O5. The maximum atomic E-state index is 12.2. The third kappa shape index (κ3) is 4.78. The van der Waals surface area contributed by atoms with E-state index in [-0.39, 0.29) is 37.4 Å². The Labute approximate surface area is 159 Å². The van der Waals surface area contributed by atoms with E-state index in [1.165, 1.54) is 0 Å². The van der Waals surface area contributed by atoms with E-state index in [0.29, 0.717) is 12.3 Å². The summed E-state index contributed by atoms with van der Waals surface area (Å²) in [6.07, 6.45) is 4.47. The van der Waals surface area contributed by atoms with E-state index in [2.05, 4.69) is 5.32 Å². The number of carbonyl (C=O) groups excluding carboxylic acids is 3. The second-order valence-corrected chi connectivity index (χ2v) is 7.08. The lowest BCUT2D eigenvalue weighted by atomic mass is 10.1. The van der Waals surface area contributed by atoms with Crippen molar-refractivity contribution in [1.82, 2.24) is 10.2 Å². The van der Waals surface area contributed by atoms with Crippen LogP contribution in [0.1, 0.15) is 37.7 Å². The van der Waals surface area contributed by atoms with Gasteiger partial charge in [-0.1, -0.05) is 31.0 Å². The number of nitrogens with one attached hydrogen (secondary N) is 1. The second-order valence-electron chi connectivity index (χ2n) is 7.08. The van der Waals surface area contributed by atoms with Gasteiger partial charge in [-0.05, 0) is 18.9 Å². The Morgan fingerprint density at radius 2 is 1.96 bits per heavy atom. The van der Waals surface area contributed by atoms with Gasteiger partial charge in [0.25, 0.3) is 5.91 Å². The molecule has 3 rings (SSSR count). The lowest BCUT2D eigenvalue weighted by molar-refractivity contribution is -0.152. The molecule has 0 spiro atoms.